The fourth-order valence-corrected chi connectivity index (χ4v) is 6.06. The van der Waals surface area contributed by atoms with Gasteiger partial charge in [0, 0.05) is 23.4 Å². The van der Waals surface area contributed by atoms with Crippen LogP contribution < -0.4 is 5.32 Å². The second-order valence-corrected chi connectivity index (χ2v) is 8.59. The number of halogens is 1. The molecule has 1 aliphatic carbocycles. The maximum atomic E-state index is 3.99. The molecule has 2 nitrogen and oxygen atoms in total. The number of nitrogens with one attached hydrogen (secondary N) is 1. The van der Waals surface area contributed by atoms with Gasteiger partial charge in [-0.15, -0.1) is 12.4 Å². The van der Waals surface area contributed by atoms with Crippen molar-refractivity contribution in [1.82, 2.24) is 10.2 Å². The van der Waals surface area contributed by atoms with Gasteiger partial charge in [0.05, 0.1) is 0 Å². The Kier molecular flexibility index (Phi) is 5.59. The van der Waals surface area contributed by atoms with E-state index in [2.05, 4.69) is 70.9 Å². The van der Waals surface area contributed by atoms with Gasteiger partial charge in [-0.05, 0) is 62.9 Å². The lowest BCUT2D eigenvalue weighted by molar-refractivity contribution is 0.0552. The fourth-order valence-electron chi connectivity index (χ4n) is 6.06. The van der Waals surface area contributed by atoms with E-state index < -0.39 is 0 Å². The van der Waals surface area contributed by atoms with Crippen LogP contribution in [-0.2, 0) is 0 Å². The summed E-state index contributed by atoms with van der Waals surface area (Å²) < 4.78 is 0. The normalized spacial score (nSPS) is 33.4. The quantitative estimate of drug-likeness (QED) is 0.806. The average Bonchev–Trinajstić information content (AvgIpc) is 3.12. The molecule has 27 heavy (non-hydrogen) atoms. The summed E-state index contributed by atoms with van der Waals surface area (Å²) in [6, 6.07) is 23.1. The molecule has 4 aliphatic rings. The molecule has 2 aromatic rings. The Morgan fingerprint density at radius 2 is 1.30 bits per heavy atom. The molecular formula is C24H31ClN2. The second kappa shape index (κ2) is 7.95. The highest BCUT2D eigenvalue weighted by atomic mass is 35.5. The van der Waals surface area contributed by atoms with Crippen LogP contribution in [0.4, 0.5) is 0 Å². The maximum absolute atomic E-state index is 3.99. The molecule has 3 heteroatoms. The van der Waals surface area contributed by atoms with Crippen LogP contribution in [0.2, 0.25) is 0 Å². The Morgan fingerprint density at radius 3 is 1.81 bits per heavy atom. The van der Waals surface area contributed by atoms with Gasteiger partial charge in [0.1, 0.15) is 0 Å². The van der Waals surface area contributed by atoms with Gasteiger partial charge in [0.2, 0.25) is 0 Å². The summed E-state index contributed by atoms with van der Waals surface area (Å²) in [6.45, 7) is 3.76. The van der Waals surface area contributed by atoms with E-state index in [4.69, 9.17) is 0 Å². The van der Waals surface area contributed by atoms with Crippen molar-refractivity contribution in [3.05, 3.63) is 71.8 Å². The van der Waals surface area contributed by atoms with Crippen LogP contribution in [0.3, 0.4) is 0 Å². The number of fused-ring (bicyclic) bond motifs is 4. The molecule has 4 fully saturated rings. The van der Waals surface area contributed by atoms with Crippen molar-refractivity contribution in [2.75, 3.05) is 19.6 Å². The van der Waals surface area contributed by atoms with Gasteiger partial charge < -0.3 is 5.32 Å². The topological polar surface area (TPSA) is 15.3 Å². The molecule has 1 N–H and O–H groups in total. The van der Waals surface area contributed by atoms with Crippen LogP contribution in [0.5, 0.6) is 0 Å². The number of rotatable bonds is 3. The summed E-state index contributed by atoms with van der Waals surface area (Å²) in [6.07, 6.45) is 6.70. The van der Waals surface area contributed by atoms with E-state index in [1.165, 1.54) is 56.3 Å². The molecule has 3 heterocycles. The summed E-state index contributed by atoms with van der Waals surface area (Å²) in [7, 11) is 0. The average molecular weight is 383 g/mol. The third-order valence-electron chi connectivity index (χ3n) is 7.27. The van der Waals surface area contributed by atoms with E-state index >= 15 is 0 Å². The van der Waals surface area contributed by atoms with E-state index in [0.29, 0.717) is 23.4 Å². The van der Waals surface area contributed by atoms with Crippen molar-refractivity contribution < 1.29 is 0 Å². The molecule has 3 saturated heterocycles. The number of hydrogen-bond acceptors (Lipinski definition) is 2. The van der Waals surface area contributed by atoms with Crippen LogP contribution >= 0.6 is 12.4 Å². The molecule has 2 atom stereocenters. The number of benzene rings is 2. The molecule has 0 amide bonds. The Labute approximate surface area is 169 Å². The van der Waals surface area contributed by atoms with E-state index in [-0.39, 0.29) is 12.4 Å². The molecule has 2 aromatic carbocycles. The minimum Gasteiger partial charge on any atom is -0.313 e. The fraction of sp³-hybridized carbons (Fsp3) is 0.500. The van der Waals surface area contributed by atoms with Gasteiger partial charge in [-0.25, -0.2) is 0 Å². The first-order chi connectivity index (χ1) is 12.9. The second-order valence-electron chi connectivity index (χ2n) is 8.59. The zero-order valence-electron chi connectivity index (χ0n) is 16.0. The predicted octanol–water partition coefficient (Wildman–Crippen LogP) is 4.97. The molecule has 3 aliphatic heterocycles. The molecule has 0 aromatic heterocycles. The summed E-state index contributed by atoms with van der Waals surface area (Å²) in [5, 5.41) is 3.99. The van der Waals surface area contributed by atoms with Crippen LogP contribution in [0, 0.1) is 0 Å². The Hall–Kier alpha value is -1.35. The molecule has 2 unspecified atom stereocenters. The Bertz CT molecular complexity index is 677. The molecular weight excluding hydrogens is 352 g/mol. The van der Waals surface area contributed by atoms with Crippen molar-refractivity contribution in [3.8, 4) is 0 Å². The van der Waals surface area contributed by atoms with Crippen molar-refractivity contribution >= 4 is 12.4 Å². The van der Waals surface area contributed by atoms with E-state index in [0.717, 1.165) is 6.54 Å². The van der Waals surface area contributed by atoms with Crippen LogP contribution in [0.25, 0.3) is 0 Å². The lowest BCUT2D eigenvalue weighted by Crippen LogP contribution is -2.53. The molecule has 0 radical (unpaired) electrons. The number of nitrogens with zero attached hydrogens (tertiary/aromatic N) is 1. The third kappa shape index (κ3) is 3.44. The number of hydrogen-bond donors (Lipinski definition) is 1. The minimum absolute atomic E-state index is 0. The van der Waals surface area contributed by atoms with Crippen molar-refractivity contribution in [1.29, 1.82) is 0 Å². The van der Waals surface area contributed by atoms with Crippen molar-refractivity contribution in [3.63, 3.8) is 0 Å². The summed E-state index contributed by atoms with van der Waals surface area (Å²) >= 11 is 0. The monoisotopic (exact) mass is 382 g/mol. The summed E-state index contributed by atoms with van der Waals surface area (Å²) in [5.74, 6) is 1.22. The first-order valence-electron chi connectivity index (χ1n) is 10.4. The third-order valence-corrected chi connectivity index (χ3v) is 7.27. The first kappa shape index (κ1) is 19.0. The summed E-state index contributed by atoms with van der Waals surface area (Å²) in [5.41, 5.74) is 3.42. The van der Waals surface area contributed by atoms with Gasteiger partial charge in [-0.3, -0.25) is 4.90 Å². The molecule has 2 bridgehead atoms. The maximum Gasteiger partial charge on any atom is 0.0234 e. The molecule has 1 saturated carbocycles. The Morgan fingerprint density at radius 1 is 0.778 bits per heavy atom. The lowest BCUT2D eigenvalue weighted by atomic mass is 9.63. The van der Waals surface area contributed by atoms with Gasteiger partial charge in [-0.2, -0.15) is 0 Å². The largest absolute Gasteiger partial charge is 0.313 e. The van der Waals surface area contributed by atoms with Crippen LogP contribution in [-0.4, -0.2) is 36.1 Å². The summed E-state index contributed by atoms with van der Waals surface area (Å²) in [4.78, 5) is 2.86. The first-order valence-corrected chi connectivity index (χ1v) is 10.4. The molecule has 0 spiro atoms. The molecule has 6 rings (SSSR count). The van der Waals surface area contributed by atoms with Gasteiger partial charge in [0.15, 0.2) is 0 Å². The van der Waals surface area contributed by atoms with E-state index in [1.54, 1.807) is 0 Å². The highest BCUT2D eigenvalue weighted by Gasteiger charge is 2.51. The highest BCUT2D eigenvalue weighted by molar-refractivity contribution is 5.85. The zero-order chi connectivity index (χ0) is 17.4. The van der Waals surface area contributed by atoms with E-state index in [9.17, 15) is 0 Å². The SMILES string of the molecule is Cl.c1ccc(C2CC3(N4CCCC4)CCNC2C(c2ccccc2)C3)cc1. The van der Waals surface area contributed by atoms with E-state index in [1.807, 2.05) is 0 Å². The predicted molar refractivity (Wildman–Crippen MR) is 115 cm³/mol. The van der Waals surface area contributed by atoms with Crippen molar-refractivity contribution in [2.45, 2.75) is 55.5 Å². The Balaban J connectivity index is 0.00000180. The molecule has 144 valence electrons. The van der Waals surface area contributed by atoms with Gasteiger partial charge in [-0.1, -0.05) is 60.7 Å². The standard InChI is InChI=1S/C24H30N2.ClH/c1-3-9-19(10-4-1)21-17-24(26-15-7-8-16-26)13-14-25-23(21)22(18-24)20-11-5-2-6-12-20;/h1-6,9-12,21-23,25H,7-8,13-18H2;1H. The minimum atomic E-state index is 0. The zero-order valence-corrected chi connectivity index (χ0v) is 16.8. The van der Waals surface area contributed by atoms with Crippen molar-refractivity contribution in [2.24, 2.45) is 0 Å². The lowest BCUT2D eigenvalue weighted by Gasteiger charge is -2.51. The van der Waals surface area contributed by atoms with Crippen LogP contribution in [0.15, 0.2) is 60.7 Å². The van der Waals surface area contributed by atoms with Crippen LogP contribution in [0.1, 0.15) is 55.1 Å². The smallest absolute Gasteiger partial charge is 0.0234 e. The highest BCUT2D eigenvalue weighted by Crippen LogP contribution is 2.52. The van der Waals surface area contributed by atoms with Gasteiger partial charge >= 0.3 is 0 Å². The number of likely N-dealkylation sites (tertiary alicyclic amines) is 1. The van der Waals surface area contributed by atoms with Gasteiger partial charge in [0.25, 0.3) is 0 Å².